The van der Waals surface area contributed by atoms with Gasteiger partial charge in [-0.3, -0.25) is 4.79 Å². The highest BCUT2D eigenvalue weighted by molar-refractivity contribution is 7.98. The Morgan fingerprint density at radius 1 is 1.28 bits per heavy atom. The van der Waals surface area contributed by atoms with Gasteiger partial charge in [0.05, 0.1) is 4.88 Å². The fourth-order valence-corrected chi connectivity index (χ4v) is 3.42. The minimum atomic E-state index is 0.0600. The van der Waals surface area contributed by atoms with Crippen LogP contribution in [0.15, 0.2) is 51.2 Å². The van der Waals surface area contributed by atoms with Crippen molar-refractivity contribution in [2.75, 3.05) is 13.3 Å². The molecule has 3 rings (SSSR count). The van der Waals surface area contributed by atoms with E-state index in [0.717, 1.165) is 10.4 Å². The number of nitrogens with zero attached hydrogens (tertiary/aromatic N) is 3. The van der Waals surface area contributed by atoms with Crippen molar-refractivity contribution in [3.8, 4) is 10.7 Å². The van der Waals surface area contributed by atoms with E-state index in [1.165, 1.54) is 4.90 Å². The van der Waals surface area contributed by atoms with Crippen molar-refractivity contribution in [2.24, 2.45) is 0 Å². The molecule has 1 aromatic carbocycles. The maximum atomic E-state index is 12.3. The predicted octanol–water partition coefficient (Wildman–Crippen LogP) is 4.11. The maximum absolute atomic E-state index is 12.3. The second kappa shape index (κ2) is 8.31. The average molecular weight is 374 g/mol. The van der Waals surface area contributed by atoms with Crippen LogP contribution in [0.2, 0.25) is 0 Å². The van der Waals surface area contributed by atoms with Gasteiger partial charge in [-0.15, -0.1) is 23.1 Å². The Morgan fingerprint density at radius 2 is 2.08 bits per heavy atom. The van der Waals surface area contributed by atoms with Crippen molar-refractivity contribution < 1.29 is 9.32 Å². The third kappa shape index (κ3) is 4.70. The van der Waals surface area contributed by atoms with Gasteiger partial charge >= 0.3 is 0 Å². The fraction of sp³-hybridized carbons (Fsp3) is 0.278. The van der Waals surface area contributed by atoms with E-state index in [4.69, 9.17) is 4.52 Å². The van der Waals surface area contributed by atoms with Crippen LogP contribution in [0.5, 0.6) is 0 Å². The Bertz CT molecular complexity index is 813. The first-order valence-corrected chi connectivity index (χ1v) is 9.99. The first kappa shape index (κ1) is 17.7. The smallest absolute Gasteiger partial charge is 0.227 e. The molecule has 0 aliphatic rings. The summed E-state index contributed by atoms with van der Waals surface area (Å²) in [6.07, 6.45) is 2.85. The van der Waals surface area contributed by atoms with Gasteiger partial charge in [0.2, 0.25) is 17.6 Å². The summed E-state index contributed by atoms with van der Waals surface area (Å²) >= 11 is 3.27. The molecule has 5 nitrogen and oxygen atoms in total. The number of thiophene rings is 1. The molecule has 0 atom stereocenters. The zero-order valence-corrected chi connectivity index (χ0v) is 15.8. The van der Waals surface area contributed by atoms with Gasteiger partial charge in [-0.25, -0.2) is 0 Å². The lowest BCUT2D eigenvalue weighted by Gasteiger charge is -2.17. The van der Waals surface area contributed by atoms with Crippen LogP contribution in [0.4, 0.5) is 0 Å². The highest BCUT2D eigenvalue weighted by atomic mass is 32.2. The Labute approximate surface area is 155 Å². The third-order valence-corrected chi connectivity index (χ3v) is 5.38. The quantitative estimate of drug-likeness (QED) is 0.583. The molecule has 7 heteroatoms. The molecule has 2 heterocycles. The van der Waals surface area contributed by atoms with Crippen LogP contribution in [0, 0.1) is 0 Å². The molecule has 2 aromatic heterocycles. The average Bonchev–Trinajstić information content (AvgIpc) is 3.31. The summed E-state index contributed by atoms with van der Waals surface area (Å²) in [6.45, 7) is 0.595. The molecule has 0 radical (unpaired) electrons. The van der Waals surface area contributed by atoms with Gasteiger partial charge in [0.25, 0.3) is 0 Å². The van der Waals surface area contributed by atoms with E-state index in [1.54, 1.807) is 28.0 Å². The van der Waals surface area contributed by atoms with Crippen molar-refractivity contribution in [1.29, 1.82) is 0 Å². The summed E-state index contributed by atoms with van der Waals surface area (Å²) in [6, 6.07) is 12.1. The number of hydrogen-bond donors (Lipinski definition) is 0. The van der Waals surface area contributed by atoms with Crippen LogP contribution in [0.3, 0.4) is 0 Å². The van der Waals surface area contributed by atoms with Crippen LogP contribution in [-0.2, 0) is 17.8 Å². The van der Waals surface area contributed by atoms with Crippen LogP contribution in [0.25, 0.3) is 10.7 Å². The Hall–Kier alpha value is -2.12. The van der Waals surface area contributed by atoms with E-state index in [1.807, 2.05) is 30.8 Å². The van der Waals surface area contributed by atoms with Crippen molar-refractivity contribution in [3.63, 3.8) is 0 Å². The summed E-state index contributed by atoms with van der Waals surface area (Å²) < 4.78 is 5.23. The molecule has 0 fully saturated rings. The topological polar surface area (TPSA) is 59.2 Å². The van der Waals surface area contributed by atoms with E-state index >= 15 is 0 Å². The number of thioether (sulfide) groups is 1. The molecule has 0 saturated carbocycles. The van der Waals surface area contributed by atoms with Gasteiger partial charge in [-0.05, 0) is 35.4 Å². The number of aryl methyl sites for hydroxylation is 1. The van der Waals surface area contributed by atoms with Gasteiger partial charge in [-0.1, -0.05) is 23.4 Å². The van der Waals surface area contributed by atoms with E-state index in [0.29, 0.717) is 31.1 Å². The fourth-order valence-electron chi connectivity index (χ4n) is 2.36. The van der Waals surface area contributed by atoms with Gasteiger partial charge in [0.1, 0.15) is 0 Å². The molecule has 0 unspecified atom stereocenters. The zero-order chi connectivity index (χ0) is 17.6. The Balaban J connectivity index is 1.51. The summed E-state index contributed by atoms with van der Waals surface area (Å²) in [5, 5.41) is 5.93. The highest BCUT2D eigenvalue weighted by Crippen LogP contribution is 2.21. The lowest BCUT2D eigenvalue weighted by Crippen LogP contribution is -2.26. The number of aromatic nitrogens is 2. The lowest BCUT2D eigenvalue weighted by atomic mass is 10.2. The van der Waals surface area contributed by atoms with Crippen LogP contribution < -0.4 is 0 Å². The first-order chi connectivity index (χ1) is 12.2. The number of carbonyl (C=O) groups is 1. The SMILES string of the molecule is CSc1ccc(CN(C)C(=O)CCc2nc(-c3cccs3)no2)cc1. The summed E-state index contributed by atoms with van der Waals surface area (Å²) in [5.41, 5.74) is 1.12. The number of amides is 1. The minimum Gasteiger partial charge on any atom is -0.341 e. The van der Waals surface area contributed by atoms with Gasteiger partial charge in [0.15, 0.2) is 0 Å². The molecule has 0 N–H and O–H groups in total. The van der Waals surface area contributed by atoms with E-state index in [9.17, 15) is 4.79 Å². The van der Waals surface area contributed by atoms with E-state index in [-0.39, 0.29) is 5.91 Å². The second-order valence-electron chi connectivity index (χ2n) is 5.59. The number of carbonyl (C=O) groups excluding carboxylic acids is 1. The molecular weight excluding hydrogens is 354 g/mol. The third-order valence-electron chi connectivity index (χ3n) is 3.77. The standard InChI is InChI=1S/C18H19N3O2S2/c1-21(12-13-5-7-14(24-2)8-6-13)17(22)10-9-16-19-18(20-23-16)15-4-3-11-25-15/h3-8,11H,9-10,12H2,1-2H3. The molecule has 25 heavy (non-hydrogen) atoms. The zero-order valence-electron chi connectivity index (χ0n) is 14.1. The molecule has 130 valence electrons. The largest absolute Gasteiger partial charge is 0.341 e. The minimum absolute atomic E-state index is 0.0600. The predicted molar refractivity (Wildman–Crippen MR) is 101 cm³/mol. The van der Waals surface area contributed by atoms with Crippen LogP contribution in [0.1, 0.15) is 17.9 Å². The lowest BCUT2D eigenvalue weighted by molar-refractivity contribution is -0.130. The van der Waals surface area contributed by atoms with Crippen LogP contribution in [-0.4, -0.2) is 34.3 Å². The number of rotatable bonds is 7. The molecule has 0 bridgehead atoms. The molecule has 0 aliphatic carbocycles. The van der Waals surface area contributed by atoms with E-state index in [2.05, 4.69) is 34.4 Å². The summed E-state index contributed by atoms with van der Waals surface area (Å²) in [4.78, 5) is 20.6. The number of hydrogen-bond acceptors (Lipinski definition) is 6. The maximum Gasteiger partial charge on any atom is 0.227 e. The summed E-state index contributed by atoms with van der Waals surface area (Å²) in [7, 11) is 1.82. The van der Waals surface area contributed by atoms with Crippen molar-refractivity contribution in [1.82, 2.24) is 15.0 Å². The first-order valence-electron chi connectivity index (χ1n) is 7.89. The normalized spacial score (nSPS) is 10.8. The molecule has 1 amide bonds. The van der Waals surface area contributed by atoms with Gasteiger partial charge in [-0.2, -0.15) is 4.98 Å². The summed E-state index contributed by atoms with van der Waals surface area (Å²) in [5.74, 6) is 1.14. The van der Waals surface area contributed by atoms with Gasteiger partial charge in [0, 0.05) is 31.3 Å². The van der Waals surface area contributed by atoms with Crippen molar-refractivity contribution in [3.05, 3.63) is 53.2 Å². The second-order valence-corrected chi connectivity index (χ2v) is 7.41. The monoisotopic (exact) mass is 373 g/mol. The molecule has 0 spiro atoms. The Morgan fingerprint density at radius 3 is 2.76 bits per heavy atom. The van der Waals surface area contributed by atoms with Crippen molar-refractivity contribution >= 4 is 29.0 Å². The van der Waals surface area contributed by atoms with Crippen molar-refractivity contribution in [2.45, 2.75) is 24.3 Å². The molecule has 0 saturated heterocycles. The molecular formula is C18H19N3O2S2. The van der Waals surface area contributed by atoms with E-state index < -0.39 is 0 Å². The molecule has 0 aliphatic heterocycles. The molecule has 3 aromatic rings. The highest BCUT2D eigenvalue weighted by Gasteiger charge is 2.14. The Kier molecular flexibility index (Phi) is 5.88. The van der Waals surface area contributed by atoms with Crippen LogP contribution >= 0.6 is 23.1 Å². The van der Waals surface area contributed by atoms with Gasteiger partial charge < -0.3 is 9.42 Å². The number of benzene rings is 1.